The molecule has 0 aromatic carbocycles. The molecule has 2 aliphatic rings. The number of carbonyl (C=O) groups is 1. The van der Waals surface area contributed by atoms with Crippen molar-refractivity contribution in [2.75, 3.05) is 24.7 Å². The van der Waals surface area contributed by atoms with E-state index < -0.39 is 10.0 Å². The second-order valence-corrected chi connectivity index (χ2v) is 8.81. The minimum absolute atomic E-state index is 0.00325. The highest BCUT2D eigenvalue weighted by atomic mass is 32.2. The van der Waals surface area contributed by atoms with Gasteiger partial charge in [0.15, 0.2) is 0 Å². The number of rotatable bonds is 4. The van der Waals surface area contributed by atoms with E-state index in [2.05, 4.69) is 10.3 Å². The summed E-state index contributed by atoms with van der Waals surface area (Å²) in [6, 6.07) is 3.57. The first-order valence-electron chi connectivity index (χ1n) is 8.89. The van der Waals surface area contributed by atoms with Crippen LogP contribution in [-0.2, 0) is 10.0 Å². The van der Waals surface area contributed by atoms with E-state index in [0.717, 1.165) is 32.1 Å². The van der Waals surface area contributed by atoms with Gasteiger partial charge in [0.1, 0.15) is 0 Å². The van der Waals surface area contributed by atoms with Crippen LogP contribution in [0.3, 0.4) is 0 Å². The number of hydrogen-bond donors (Lipinski definition) is 1. The van der Waals surface area contributed by atoms with E-state index in [-0.39, 0.29) is 18.1 Å². The van der Waals surface area contributed by atoms with Crippen molar-refractivity contribution in [2.24, 2.45) is 0 Å². The highest BCUT2D eigenvalue weighted by Gasteiger charge is 2.37. The molecule has 1 N–H and O–H groups in total. The number of pyridine rings is 1. The summed E-state index contributed by atoms with van der Waals surface area (Å²) in [7, 11) is -3.22. The second kappa shape index (κ2) is 7.70. The first-order chi connectivity index (χ1) is 11.9. The Kier molecular flexibility index (Phi) is 5.58. The Morgan fingerprint density at radius 3 is 2.52 bits per heavy atom. The third-order valence-corrected chi connectivity index (χ3v) is 6.44. The van der Waals surface area contributed by atoms with Crippen LogP contribution < -0.4 is 5.32 Å². The van der Waals surface area contributed by atoms with Crippen LogP contribution in [-0.4, -0.2) is 60.1 Å². The maximum absolute atomic E-state index is 12.5. The number of nitrogens with one attached hydrogen (secondary N) is 1. The molecule has 7 nitrogen and oxygen atoms in total. The van der Waals surface area contributed by atoms with E-state index in [9.17, 15) is 13.2 Å². The fraction of sp³-hybridized carbons (Fsp3) is 0.647. The minimum Gasteiger partial charge on any atom is -0.324 e. The number of carbonyl (C=O) groups excluding carboxylic acids is 1. The largest absolute Gasteiger partial charge is 0.324 e. The SMILES string of the molecule is CS(=O)(=O)N(C1CCC1)[C@@H]1CCCN(C(=O)Nc2cccnc2)CC1. The van der Waals surface area contributed by atoms with Crippen LogP contribution in [0.25, 0.3) is 0 Å². The van der Waals surface area contributed by atoms with E-state index in [0.29, 0.717) is 25.2 Å². The molecule has 0 bridgehead atoms. The Hall–Kier alpha value is -1.67. The summed E-state index contributed by atoms with van der Waals surface area (Å²) in [6.07, 6.45) is 9.89. The lowest BCUT2D eigenvalue weighted by Crippen LogP contribution is -2.50. The lowest BCUT2D eigenvalue weighted by molar-refractivity contribution is 0.162. The van der Waals surface area contributed by atoms with Crippen molar-refractivity contribution in [2.45, 2.75) is 50.6 Å². The summed E-state index contributed by atoms with van der Waals surface area (Å²) >= 11 is 0. The van der Waals surface area contributed by atoms with Crippen molar-refractivity contribution in [3.63, 3.8) is 0 Å². The number of nitrogens with zero attached hydrogens (tertiary/aromatic N) is 3. The summed E-state index contributed by atoms with van der Waals surface area (Å²) in [5.41, 5.74) is 0.667. The number of likely N-dealkylation sites (tertiary alicyclic amines) is 1. The quantitative estimate of drug-likeness (QED) is 0.886. The molecule has 1 aliphatic carbocycles. The van der Waals surface area contributed by atoms with Gasteiger partial charge in [-0.05, 0) is 44.2 Å². The Bertz CT molecular complexity index is 691. The van der Waals surface area contributed by atoms with Gasteiger partial charge in [0, 0.05) is 31.4 Å². The number of sulfonamides is 1. The molecule has 2 fully saturated rings. The zero-order valence-electron chi connectivity index (χ0n) is 14.6. The first kappa shape index (κ1) is 18.1. The number of urea groups is 1. The van der Waals surface area contributed by atoms with Gasteiger partial charge in [-0.2, -0.15) is 4.31 Å². The fourth-order valence-corrected chi connectivity index (χ4v) is 5.16. The maximum Gasteiger partial charge on any atom is 0.321 e. The predicted molar refractivity (Wildman–Crippen MR) is 96.8 cm³/mol. The molecule has 1 saturated heterocycles. The van der Waals surface area contributed by atoms with Gasteiger partial charge in [-0.25, -0.2) is 13.2 Å². The fourth-order valence-electron chi connectivity index (χ4n) is 3.66. The standard InChI is InChI=1S/C17H26N4O3S/c1-25(23,24)21(15-6-2-7-15)16-8-4-11-20(12-9-16)17(22)19-14-5-3-10-18-13-14/h3,5,10,13,15-16H,2,4,6-9,11-12H2,1H3,(H,19,22)/t16-/m1/s1. The van der Waals surface area contributed by atoms with Crippen molar-refractivity contribution in [3.05, 3.63) is 24.5 Å². The molecule has 1 atom stereocenters. The monoisotopic (exact) mass is 366 g/mol. The van der Waals surface area contributed by atoms with Crippen LogP contribution in [0.5, 0.6) is 0 Å². The zero-order valence-corrected chi connectivity index (χ0v) is 15.4. The number of amides is 2. The Balaban J connectivity index is 1.62. The van der Waals surface area contributed by atoms with Crippen LogP contribution in [0, 0.1) is 0 Å². The van der Waals surface area contributed by atoms with Crippen LogP contribution in [0.4, 0.5) is 10.5 Å². The van der Waals surface area contributed by atoms with Gasteiger partial charge in [0.05, 0.1) is 18.1 Å². The minimum atomic E-state index is -3.22. The average Bonchev–Trinajstić information content (AvgIpc) is 2.76. The predicted octanol–water partition coefficient (Wildman–Crippen LogP) is 2.28. The zero-order chi connectivity index (χ0) is 17.9. The number of hydrogen-bond acceptors (Lipinski definition) is 4. The van der Waals surface area contributed by atoms with E-state index in [4.69, 9.17) is 0 Å². The average molecular weight is 366 g/mol. The Morgan fingerprint density at radius 2 is 1.92 bits per heavy atom. The van der Waals surface area contributed by atoms with Gasteiger partial charge < -0.3 is 10.2 Å². The smallest absolute Gasteiger partial charge is 0.321 e. The molecule has 2 amide bonds. The molecule has 0 spiro atoms. The van der Waals surface area contributed by atoms with Crippen molar-refractivity contribution >= 4 is 21.7 Å². The van der Waals surface area contributed by atoms with E-state index >= 15 is 0 Å². The highest BCUT2D eigenvalue weighted by Crippen LogP contribution is 2.32. The van der Waals surface area contributed by atoms with Gasteiger partial charge in [-0.1, -0.05) is 6.42 Å². The third kappa shape index (κ3) is 4.49. The lowest BCUT2D eigenvalue weighted by Gasteiger charge is -2.40. The van der Waals surface area contributed by atoms with Crippen LogP contribution >= 0.6 is 0 Å². The van der Waals surface area contributed by atoms with E-state index in [1.54, 1.807) is 33.7 Å². The summed E-state index contributed by atoms with van der Waals surface area (Å²) in [6.45, 7) is 1.21. The van der Waals surface area contributed by atoms with Crippen LogP contribution in [0.1, 0.15) is 38.5 Å². The van der Waals surface area contributed by atoms with Crippen molar-refractivity contribution < 1.29 is 13.2 Å². The Labute approximate surface area is 149 Å². The van der Waals surface area contributed by atoms with Gasteiger partial charge in [0.25, 0.3) is 0 Å². The summed E-state index contributed by atoms with van der Waals surface area (Å²) in [5.74, 6) is 0. The molecular weight excluding hydrogens is 340 g/mol. The number of aromatic nitrogens is 1. The van der Waals surface area contributed by atoms with Gasteiger partial charge in [-0.3, -0.25) is 4.98 Å². The Morgan fingerprint density at radius 1 is 1.20 bits per heavy atom. The van der Waals surface area contributed by atoms with Gasteiger partial charge >= 0.3 is 6.03 Å². The molecule has 0 unspecified atom stereocenters. The molecule has 0 radical (unpaired) electrons. The molecule has 138 valence electrons. The van der Waals surface area contributed by atoms with E-state index in [1.807, 2.05) is 0 Å². The lowest BCUT2D eigenvalue weighted by atomic mass is 9.91. The van der Waals surface area contributed by atoms with Crippen LogP contribution in [0.2, 0.25) is 0 Å². The molecule has 1 saturated carbocycles. The summed E-state index contributed by atoms with van der Waals surface area (Å²) < 4.78 is 26.2. The number of anilines is 1. The molecule has 1 aromatic heterocycles. The van der Waals surface area contributed by atoms with Gasteiger partial charge in [-0.15, -0.1) is 0 Å². The normalized spacial score (nSPS) is 22.3. The van der Waals surface area contributed by atoms with Crippen molar-refractivity contribution in [1.82, 2.24) is 14.2 Å². The summed E-state index contributed by atoms with van der Waals surface area (Å²) in [4.78, 5) is 18.2. The molecule has 1 aliphatic heterocycles. The molecule has 3 rings (SSSR count). The third-order valence-electron chi connectivity index (χ3n) is 5.08. The topological polar surface area (TPSA) is 82.6 Å². The van der Waals surface area contributed by atoms with Gasteiger partial charge in [0.2, 0.25) is 10.0 Å². The molecule has 25 heavy (non-hydrogen) atoms. The van der Waals surface area contributed by atoms with E-state index in [1.165, 1.54) is 6.26 Å². The highest BCUT2D eigenvalue weighted by molar-refractivity contribution is 7.88. The van der Waals surface area contributed by atoms with Crippen molar-refractivity contribution in [1.29, 1.82) is 0 Å². The first-order valence-corrected chi connectivity index (χ1v) is 10.7. The molecule has 2 heterocycles. The second-order valence-electron chi connectivity index (χ2n) is 6.92. The van der Waals surface area contributed by atoms with Crippen molar-refractivity contribution in [3.8, 4) is 0 Å². The molecule has 8 heteroatoms. The maximum atomic E-state index is 12.5. The molecular formula is C17H26N4O3S. The molecule has 1 aromatic rings. The summed E-state index contributed by atoms with van der Waals surface area (Å²) in [5, 5.41) is 2.85. The van der Waals surface area contributed by atoms with Crippen LogP contribution in [0.15, 0.2) is 24.5 Å².